The van der Waals surface area contributed by atoms with Crippen molar-refractivity contribution < 1.29 is 80.2 Å². The Kier molecular flexibility index (Phi) is 68.7. The fraction of sp³-hybridized carbons (Fsp3) is 0.948. The van der Waals surface area contributed by atoms with E-state index in [0.29, 0.717) is 25.7 Å². The van der Waals surface area contributed by atoms with E-state index in [1.807, 2.05) is 0 Å². The van der Waals surface area contributed by atoms with Gasteiger partial charge in [-0.3, -0.25) is 37.3 Å². The molecular formula is C77H150O17P2. The second-order valence-electron chi connectivity index (χ2n) is 28.2. The summed E-state index contributed by atoms with van der Waals surface area (Å²) in [7, 11) is -9.90. The molecule has 2 unspecified atom stereocenters. The number of rotatable bonds is 77. The number of carbonyl (C=O) groups is 4. The first-order chi connectivity index (χ1) is 46.5. The van der Waals surface area contributed by atoms with E-state index < -0.39 is 97.5 Å². The van der Waals surface area contributed by atoms with Crippen LogP contribution in [-0.2, 0) is 65.4 Å². The molecule has 0 heterocycles. The van der Waals surface area contributed by atoms with Crippen LogP contribution in [0, 0.1) is 5.92 Å². The van der Waals surface area contributed by atoms with Gasteiger partial charge in [-0.25, -0.2) is 9.13 Å². The van der Waals surface area contributed by atoms with Gasteiger partial charge in [0, 0.05) is 25.7 Å². The third kappa shape index (κ3) is 70.5. The molecule has 0 fully saturated rings. The maximum absolute atomic E-state index is 13.1. The molecular weight excluding hydrogens is 1260 g/mol. The molecule has 0 saturated heterocycles. The zero-order valence-corrected chi connectivity index (χ0v) is 64.3. The van der Waals surface area contributed by atoms with E-state index in [0.717, 1.165) is 102 Å². The summed E-state index contributed by atoms with van der Waals surface area (Å²) in [6.45, 7) is 7.18. The number of phosphoric acid groups is 2. The standard InChI is InChI=1S/C77H150O17P2/c1-6-9-12-15-17-19-21-23-25-27-29-31-33-35-37-39-43-47-52-57-62-76(81)94-73(67-88-75(80)61-56-51-46-42-38-36-34-32-30-28-26-24-22-20-18-16-13-10-7-2)69-92-96(85,86)90-65-71(78)64-89-95(83,84)91-68-72(66-87-74(79)60-55-49-14-11-8-3)93-77(82)63-58-53-48-44-40-41-45-50-54-59-70(4)5/h70-73,78H,6-69H2,1-5H3,(H,83,84)(H,85,86)/t71-,72+,73+/m0/s1. The van der Waals surface area contributed by atoms with E-state index in [1.165, 1.54) is 225 Å². The van der Waals surface area contributed by atoms with Gasteiger partial charge in [0.2, 0.25) is 0 Å². The number of hydrogen-bond donors (Lipinski definition) is 3. The van der Waals surface area contributed by atoms with E-state index in [1.54, 1.807) is 0 Å². The molecule has 3 N–H and O–H groups in total. The summed E-state index contributed by atoms with van der Waals surface area (Å²) >= 11 is 0. The second kappa shape index (κ2) is 70.1. The number of carbonyl (C=O) groups excluding carboxylic acids is 4. The first-order valence-corrected chi connectivity index (χ1v) is 43.1. The van der Waals surface area contributed by atoms with Crippen molar-refractivity contribution in [2.45, 2.75) is 425 Å². The zero-order chi connectivity index (χ0) is 70.5. The minimum absolute atomic E-state index is 0.105. The third-order valence-corrected chi connectivity index (χ3v) is 19.9. The Balaban J connectivity index is 5.12. The van der Waals surface area contributed by atoms with E-state index in [-0.39, 0.29) is 25.7 Å². The molecule has 570 valence electrons. The molecule has 0 rings (SSSR count). The molecule has 0 aliphatic rings. The number of unbranched alkanes of at least 4 members (excludes halogenated alkanes) is 49. The number of aliphatic hydroxyl groups is 1. The molecule has 0 saturated carbocycles. The Morgan fingerprint density at radius 3 is 0.708 bits per heavy atom. The van der Waals surface area contributed by atoms with Crippen molar-refractivity contribution >= 4 is 39.5 Å². The summed E-state index contributed by atoms with van der Waals surface area (Å²) in [5.41, 5.74) is 0. The molecule has 0 amide bonds. The van der Waals surface area contributed by atoms with Gasteiger partial charge in [-0.05, 0) is 31.6 Å². The Morgan fingerprint density at radius 2 is 0.479 bits per heavy atom. The SMILES string of the molecule is CCCCCCCCCCCCCCCCCCCCCCC(=O)O[C@H](COC(=O)CCCCCCCCCCCCCCCCCCCCC)COP(=O)(O)OC[C@@H](O)COP(=O)(O)OC[C@@H](COC(=O)CCCCCCC)OC(=O)CCCCCCCCCCCC(C)C. The fourth-order valence-electron chi connectivity index (χ4n) is 11.9. The van der Waals surface area contributed by atoms with Crippen molar-refractivity contribution in [3.63, 3.8) is 0 Å². The van der Waals surface area contributed by atoms with Crippen molar-refractivity contribution in [3.8, 4) is 0 Å². The molecule has 0 radical (unpaired) electrons. The van der Waals surface area contributed by atoms with Crippen LogP contribution in [0.4, 0.5) is 0 Å². The minimum atomic E-state index is -4.96. The third-order valence-electron chi connectivity index (χ3n) is 18.0. The number of esters is 4. The number of aliphatic hydroxyl groups excluding tert-OH is 1. The Morgan fingerprint density at radius 1 is 0.281 bits per heavy atom. The van der Waals surface area contributed by atoms with Gasteiger partial charge in [0.05, 0.1) is 26.4 Å². The molecule has 0 bridgehead atoms. The van der Waals surface area contributed by atoms with Crippen molar-refractivity contribution in [2.24, 2.45) is 5.92 Å². The quantitative estimate of drug-likeness (QED) is 0.0222. The van der Waals surface area contributed by atoms with Gasteiger partial charge in [0.1, 0.15) is 19.3 Å². The van der Waals surface area contributed by atoms with Gasteiger partial charge in [-0.1, -0.05) is 356 Å². The molecule has 0 aromatic carbocycles. The summed E-state index contributed by atoms with van der Waals surface area (Å²) in [6, 6.07) is 0. The smallest absolute Gasteiger partial charge is 0.462 e. The largest absolute Gasteiger partial charge is 0.472 e. The van der Waals surface area contributed by atoms with Crippen molar-refractivity contribution in [1.29, 1.82) is 0 Å². The maximum atomic E-state index is 13.1. The molecule has 0 aliphatic carbocycles. The summed E-state index contributed by atoms with van der Waals surface area (Å²) in [4.78, 5) is 72.5. The van der Waals surface area contributed by atoms with Crippen molar-refractivity contribution in [3.05, 3.63) is 0 Å². The highest BCUT2D eigenvalue weighted by Crippen LogP contribution is 2.45. The normalized spacial score (nSPS) is 13.9. The Hall–Kier alpha value is -1.94. The van der Waals surface area contributed by atoms with Gasteiger partial charge in [-0.15, -0.1) is 0 Å². The lowest BCUT2D eigenvalue weighted by Crippen LogP contribution is -2.30. The van der Waals surface area contributed by atoms with Gasteiger partial charge in [0.25, 0.3) is 0 Å². The first-order valence-electron chi connectivity index (χ1n) is 40.1. The lowest BCUT2D eigenvalue weighted by molar-refractivity contribution is -0.161. The monoisotopic (exact) mass is 1410 g/mol. The van der Waals surface area contributed by atoms with E-state index in [4.69, 9.17) is 37.0 Å². The van der Waals surface area contributed by atoms with Crippen LogP contribution < -0.4 is 0 Å². The molecule has 0 spiro atoms. The molecule has 0 aromatic heterocycles. The molecule has 17 nitrogen and oxygen atoms in total. The number of phosphoric ester groups is 2. The highest BCUT2D eigenvalue weighted by Gasteiger charge is 2.30. The summed E-state index contributed by atoms with van der Waals surface area (Å²) in [5.74, 6) is -1.39. The number of ether oxygens (including phenoxy) is 4. The van der Waals surface area contributed by atoms with Gasteiger partial charge >= 0.3 is 39.5 Å². The second-order valence-corrected chi connectivity index (χ2v) is 31.1. The van der Waals surface area contributed by atoms with Crippen LogP contribution in [0.25, 0.3) is 0 Å². The van der Waals surface area contributed by atoms with E-state index in [2.05, 4.69) is 34.6 Å². The zero-order valence-electron chi connectivity index (χ0n) is 62.5. The van der Waals surface area contributed by atoms with Crippen molar-refractivity contribution in [1.82, 2.24) is 0 Å². The van der Waals surface area contributed by atoms with E-state index >= 15 is 0 Å². The van der Waals surface area contributed by atoms with Gasteiger partial charge in [0.15, 0.2) is 12.2 Å². The topological polar surface area (TPSA) is 237 Å². The highest BCUT2D eigenvalue weighted by molar-refractivity contribution is 7.47. The average Bonchev–Trinajstić information content (AvgIpc) is 2.12. The molecule has 96 heavy (non-hydrogen) atoms. The minimum Gasteiger partial charge on any atom is -0.462 e. The van der Waals surface area contributed by atoms with Crippen molar-refractivity contribution in [2.75, 3.05) is 39.6 Å². The molecule has 19 heteroatoms. The average molecular weight is 1410 g/mol. The van der Waals surface area contributed by atoms with Crippen LogP contribution in [0.5, 0.6) is 0 Å². The summed E-state index contributed by atoms with van der Waals surface area (Å²) in [6.07, 6.45) is 60.3. The number of hydrogen-bond acceptors (Lipinski definition) is 15. The van der Waals surface area contributed by atoms with E-state index in [9.17, 15) is 43.2 Å². The Bertz CT molecular complexity index is 1840. The molecule has 5 atom stereocenters. The predicted molar refractivity (Wildman–Crippen MR) is 391 cm³/mol. The van der Waals surface area contributed by atoms with Crippen LogP contribution in [-0.4, -0.2) is 96.7 Å². The lowest BCUT2D eigenvalue weighted by Gasteiger charge is -2.21. The van der Waals surface area contributed by atoms with Crippen LogP contribution in [0.2, 0.25) is 0 Å². The van der Waals surface area contributed by atoms with Crippen LogP contribution in [0.3, 0.4) is 0 Å². The van der Waals surface area contributed by atoms with Gasteiger partial charge < -0.3 is 33.8 Å². The first kappa shape index (κ1) is 94.1. The predicted octanol–water partition coefficient (Wildman–Crippen LogP) is 22.9. The van der Waals surface area contributed by atoms with Gasteiger partial charge in [-0.2, -0.15) is 0 Å². The lowest BCUT2D eigenvalue weighted by atomic mass is 10.0. The summed E-state index contributed by atoms with van der Waals surface area (Å²) in [5, 5.41) is 10.6. The Labute approximate surface area is 588 Å². The fourth-order valence-corrected chi connectivity index (χ4v) is 13.5. The van der Waals surface area contributed by atoms with Crippen LogP contribution in [0.1, 0.15) is 407 Å². The molecule has 0 aromatic rings. The summed E-state index contributed by atoms with van der Waals surface area (Å²) < 4.78 is 68.3. The maximum Gasteiger partial charge on any atom is 0.472 e. The highest BCUT2D eigenvalue weighted by atomic mass is 31.2. The van der Waals surface area contributed by atoms with Crippen LogP contribution >= 0.6 is 15.6 Å². The molecule has 0 aliphatic heterocycles. The van der Waals surface area contributed by atoms with Crippen LogP contribution in [0.15, 0.2) is 0 Å².